The Hall–Kier alpha value is -2.66. The summed E-state index contributed by atoms with van der Waals surface area (Å²) in [5, 5.41) is 13.1. The maximum Gasteiger partial charge on any atom is 0.266 e. The van der Waals surface area contributed by atoms with Crippen LogP contribution in [0.2, 0.25) is 0 Å². The van der Waals surface area contributed by atoms with Crippen LogP contribution in [0.3, 0.4) is 0 Å². The largest absolute Gasteiger partial charge is 0.492 e. The molecule has 0 saturated carbocycles. The van der Waals surface area contributed by atoms with Gasteiger partial charge in [-0.05, 0) is 70.2 Å². The number of piperidine rings is 1. The highest BCUT2D eigenvalue weighted by Crippen LogP contribution is 2.27. The van der Waals surface area contributed by atoms with Crippen molar-refractivity contribution in [3.63, 3.8) is 0 Å². The molecule has 1 aromatic carbocycles. The normalized spacial score (nSPS) is 17.8. The minimum absolute atomic E-state index is 0.132. The number of aryl methyl sites for hydroxylation is 1. The average molecular weight is 499 g/mol. The molecule has 1 atom stereocenters. The van der Waals surface area contributed by atoms with Crippen LogP contribution in [0.25, 0.3) is 12.3 Å². The monoisotopic (exact) mass is 498 g/mol. The predicted molar refractivity (Wildman–Crippen MR) is 139 cm³/mol. The van der Waals surface area contributed by atoms with Crippen LogP contribution in [-0.4, -0.2) is 48.7 Å². The molecule has 1 aliphatic heterocycles. The van der Waals surface area contributed by atoms with Crippen molar-refractivity contribution in [2.45, 2.75) is 32.2 Å². The third-order valence-electron chi connectivity index (χ3n) is 5.42. The van der Waals surface area contributed by atoms with E-state index < -0.39 is 0 Å². The van der Waals surface area contributed by atoms with Crippen molar-refractivity contribution >= 4 is 40.6 Å². The Morgan fingerprint density at radius 2 is 2.18 bits per heavy atom. The summed E-state index contributed by atoms with van der Waals surface area (Å²) in [6.45, 7) is 4.50. The lowest BCUT2D eigenvalue weighted by molar-refractivity contribution is 0.261. The summed E-state index contributed by atoms with van der Waals surface area (Å²) in [4.78, 5) is 22.9. The van der Waals surface area contributed by atoms with Crippen LogP contribution in [-0.2, 0) is 0 Å². The Balaban J connectivity index is 1.44. The van der Waals surface area contributed by atoms with Gasteiger partial charge in [-0.1, -0.05) is 6.42 Å². The molecular weight excluding hydrogens is 468 g/mol. The maximum atomic E-state index is 12.4. The van der Waals surface area contributed by atoms with E-state index in [1.807, 2.05) is 51.5 Å². The van der Waals surface area contributed by atoms with Gasteiger partial charge in [0.05, 0.1) is 22.5 Å². The number of aromatic nitrogens is 2. The average Bonchev–Trinajstić information content (AvgIpc) is 3.42. The van der Waals surface area contributed by atoms with Crippen molar-refractivity contribution in [1.82, 2.24) is 20.2 Å². The van der Waals surface area contributed by atoms with Gasteiger partial charge in [-0.15, -0.1) is 22.7 Å². The lowest BCUT2D eigenvalue weighted by Gasteiger charge is -2.20. The second-order valence-electron chi connectivity index (χ2n) is 8.48. The molecule has 0 spiro atoms. The molecule has 1 saturated heterocycles. The van der Waals surface area contributed by atoms with E-state index >= 15 is 0 Å². The Kier molecular flexibility index (Phi) is 8.39. The molecule has 10 heteroatoms. The summed E-state index contributed by atoms with van der Waals surface area (Å²) in [5.41, 5.74) is 1.60. The quantitative estimate of drug-likeness (QED) is 0.465. The van der Waals surface area contributed by atoms with Crippen LogP contribution >= 0.6 is 22.7 Å². The molecule has 8 nitrogen and oxygen atoms in total. The van der Waals surface area contributed by atoms with E-state index in [0.29, 0.717) is 21.8 Å². The molecule has 0 bridgehead atoms. The van der Waals surface area contributed by atoms with E-state index in [0.717, 1.165) is 46.4 Å². The van der Waals surface area contributed by atoms with E-state index in [-0.39, 0.29) is 5.56 Å². The van der Waals surface area contributed by atoms with Crippen LogP contribution in [0.5, 0.6) is 5.75 Å². The van der Waals surface area contributed by atoms with Gasteiger partial charge in [0, 0.05) is 17.6 Å². The number of rotatable bonds is 8. The van der Waals surface area contributed by atoms with E-state index in [9.17, 15) is 4.79 Å². The number of azo groups is 1. The van der Waals surface area contributed by atoms with Crippen LogP contribution in [0.1, 0.15) is 40.8 Å². The van der Waals surface area contributed by atoms with Gasteiger partial charge in [0.25, 0.3) is 5.56 Å². The van der Waals surface area contributed by atoms with E-state index in [2.05, 4.69) is 30.4 Å². The van der Waals surface area contributed by atoms with Crippen molar-refractivity contribution in [3.05, 3.63) is 59.4 Å². The minimum atomic E-state index is -0.132. The van der Waals surface area contributed by atoms with Crippen LogP contribution in [0.15, 0.2) is 39.4 Å². The Morgan fingerprint density at radius 1 is 1.29 bits per heavy atom. The molecular formula is C24H30N6O2S2. The third-order valence-corrected chi connectivity index (χ3v) is 7.43. The van der Waals surface area contributed by atoms with Crippen LogP contribution < -0.4 is 24.8 Å². The zero-order valence-corrected chi connectivity index (χ0v) is 21.3. The highest BCUT2D eigenvalue weighted by molar-refractivity contribution is 7.13. The molecule has 1 fully saturated rings. The summed E-state index contributed by atoms with van der Waals surface area (Å²) >= 11 is 2.99. The van der Waals surface area contributed by atoms with Crippen molar-refractivity contribution in [1.29, 1.82) is 0 Å². The fourth-order valence-corrected chi connectivity index (χ4v) is 5.41. The zero-order valence-electron chi connectivity index (χ0n) is 19.7. The fraction of sp³-hybridized carbons (Fsp3) is 0.417. The van der Waals surface area contributed by atoms with Crippen LogP contribution in [0.4, 0.5) is 5.69 Å². The topological polar surface area (TPSA) is 95.0 Å². The van der Waals surface area contributed by atoms with Gasteiger partial charge in [0.1, 0.15) is 22.0 Å². The van der Waals surface area contributed by atoms with E-state index in [4.69, 9.17) is 4.74 Å². The number of thiazole rings is 2. The number of aromatic amines is 1. The van der Waals surface area contributed by atoms with Gasteiger partial charge < -0.3 is 19.9 Å². The van der Waals surface area contributed by atoms with Gasteiger partial charge in [-0.25, -0.2) is 4.98 Å². The predicted octanol–water partition coefficient (Wildman–Crippen LogP) is 3.31. The second kappa shape index (κ2) is 11.7. The van der Waals surface area contributed by atoms with Gasteiger partial charge >= 0.3 is 0 Å². The lowest BCUT2D eigenvalue weighted by atomic mass is 10.1. The summed E-state index contributed by atoms with van der Waals surface area (Å²) in [7, 11) is 4.03. The Morgan fingerprint density at radius 3 is 2.94 bits per heavy atom. The first-order valence-corrected chi connectivity index (χ1v) is 13.0. The molecule has 3 aromatic rings. The summed E-state index contributed by atoms with van der Waals surface area (Å²) in [5.74, 6) is 0.815. The number of benzene rings is 1. The molecule has 4 rings (SSSR count). The van der Waals surface area contributed by atoms with Gasteiger partial charge in [-0.2, -0.15) is 10.2 Å². The molecule has 34 heavy (non-hydrogen) atoms. The van der Waals surface area contributed by atoms with Gasteiger partial charge in [-0.3, -0.25) is 4.79 Å². The number of hydrogen-bond donors (Lipinski definition) is 2. The summed E-state index contributed by atoms with van der Waals surface area (Å²) in [6.07, 6.45) is 8.87. The number of nitrogens with one attached hydrogen (secondary N) is 2. The molecule has 180 valence electrons. The molecule has 2 aromatic heterocycles. The number of H-pyrrole nitrogens is 1. The number of hydrogen-bond acceptors (Lipinski definition) is 9. The van der Waals surface area contributed by atoms with Crippen molar-refractivity contribution in [3.8, 4) is 5.75 Å². The molecule has 3 heterocycles. The fourth-order valence-electron chi connectivity index (χ4n) is 3.56. The molecule has 2 N–H and O–H groups in total. The van der Waals surface area contributed by atoms with Crippen molar-refractivity contribution < 1.29 is 4.74 Å². The van der Waals surface area contributed by atoms with Gasteiger partial charge in [0.15, 0.2) is 0 Å². The summed E-state index contributed by atoms with van der Waals surface area (Å²) < 4.78 is 7.04. The molecule has 0 aliphatic carbocycles. The first kappa shape index (κ1) is 24.5. The Bertz CT molecular complexity index is 1300. The third kappa shape index (κ3) is 6.69. The molecule has 1 unspecified atom stereocenters. The highest BCUT2D eigenvalue weighted by atomic mass is 32.1. The highest BCUT2D eigenvalue weighted by Gasteiger charge is 2.17. The molecule has 1 aliphatic rings. The Labute approximate surface area is 206 Å². The van der Waals surface area contributed by atoms with E-state index in [1.165, 1.54) is 24.2 Å². The molecule has 0 radical (unpaired) electrons. The lowest BCUT2D eigenvalue weighted by Crippen LogP contribution is -2.26. The number of nitrogens with zero attached hydrogens (tertiary/aromatic N) is 4. The zero-order chi connectivity index (χ0) is 23.9. The van der Waals surface area contributed by atoms with E-state index in [1.54, 1.807) is 17.5 Å². The SMILES string of the molecule is Cc1cc(OCCN(C)C)ccc1N=N/C=c1/[nH]c(=O)/c(=C/c2cnc(C3CCCCN3)s2)s1. The standard InChI is InChI=1S/C24H30N6O2S2/c1-16-12-17(32-11-10-30(2)3)7-8-19(16)29-27-15-22-28-23(31)21(34-22)13-18-14-26-24(33-18)20-6-4-5-9-25-20/h7-8,12-15,20,25H,4-6,9-11H2,1-3H3,(H,28,31)/b21-13-,22-15-,29-27?. The minimum Gasteiger partial charge on any atom is -0.492 e. The first-order chi connectivity index (χ1) is 16.5. The first-order valence-electron chi connectivity index (χ1n) is 11.4. The van der Waals surface area contributed by atoms with Crippen molar-refractivity contribution in [2.75, 3.05) is 33.8 Å². The maximum absolute atomic E-state index is 12.4. The smallest absolute Gasteiger partial charge is 0.266 e. The number of likely N-dealkylation sites (N-methyl/N-ethyl adjacent to an activating group) is 1. The van der Waals surface area contributed by atoms with Gasteiger partial charge in [0.2, 0.25) is 0 Å². The summed E-state index contributed by atoms with van der Waals surface area (Å²) in [6, 6.07) is 6.06. The molecule has 0 amide bonds. The number of ether oxygens (including phenoxy) is 1. The van der Waals surface area contributed by atoms with Crippen molar-refractivity contribution in [2.24, 2.45) is 10.2 Å². The second-order valence-corrected chi connectivity index (χ2v) is 10.7. The van der Waals surface area contributed by atoms with Crippen LogP contribution in [0, 0.1) is 6.92 Å².